The Morgan fingerprint density at radius 2 is 2.00 bits per heavy atom. The first-order valence-electron chi connectivity index (χ1n) is 6.01. The van der Waals surface area contributed by atoms with Crippen molar-refractivity contribution >= 4 is 11.8 Å². The molecular formula is C14H15N3O2. The number of hydrogen-bond acceptors (Lipinski definition) is 4. The van der Waals surface area contributed by atoms with Crippen LogP contribution in [0.1, 0.15) is 12.0 Å². The van der Waals surface area contributed by atoms with E-state index in [1.54, 1.807) is 19.3 Å². The summed E-state index contributed by atoms with van der Waals surface area (Å²) in [5.41, 5.74) is 1.91. The van der Waals surface area contributed by atoms with Gasteiger partial charge in [0.05, 0.1) is 0 Å². The molecule has 0 unspecified atom stereocenters. The predicted octanol–water partition coefficient (Wildman–Crippen LogP) is 2.20. The maximum absolute atomic E-state index is 10.5. The summed E-state index contributed by atoms with van der Waals surface area (Å²) in [5.74, 6) is 0.630. The van der Waals surface area contributed by atoms with Crippen LogP contribution in [0.15, 0.2) is 36.5 Å². The van der Waals surface area contributed by atoms with Gasteiger partial charge in [-0.15, -0.1) is 0 Å². The number of rotatable bonds is 5. The third-order valence-electron chi connectivity index (χ3n) is 2.75. The van der Waals surface area contributed by atoms with Crippen LogP contribution in [-0.2, 0) is 11.2 Å². The highest BCUT2D eigenvalue weighted by Crippen LogP contribution is 2.17. The zero-order valence-corrected chi connectivity index (χ0v) is 10.6. The molecule has 2 aromatic rings. The smallest absolute Gasteiger partial charge is 0.303 e. The lowest BCUT2D eigenvalue weighted by Gasteiger charge is -2.04. The molecular weight excluding hydrogens is 242 g/mol. The minimum Gasteiger partial charge on any atom is -0.481 e. The molecule has 2 N–H and O–H groups in total. The Kier molecular flexibility index (Phi) is 4.07. The molecule has 0 radical (unpaired) electrons. The van der Waals surface area contributed by atoms with Gasteiger partial charge in [-0.1, -0.05) is 24.3 Å². The largest absolute Gasteiger partial charge is 0.481 e. The number of carboxylic acid groups (broad SMARTS) is 1. The summed E-state index contributed by atoms with van der Waals surface area (Å²) in [6, 6.07) is 9.43. The maximum Gasteiger partial charge on any atom is 0.303 e. The molecule has 5 heteroatoms. The minimum absolute atomic E-state index is 0.144. The molecule has 1 aromatic carbocycles. The molecule has 2 rings (SSSR count). The van der Waals surface area contributed by atoms with E-state index in [1.165, 1.54) is 0 Å². The van der Waals surface area contributed by atoms with Crippen molar-refractivity contribution in [1.82, 2.24) is 9.97 Å². The van der Waals surface area contributed by atoms with E-state index in [0.717, 1.165) is 16.9 Å². The molecule has 98 valence electrons. The van der Waals surface area contributed by atoms with Gasteiger partial charge in [0.15, 0.2) is 5.82 Å². The fraction of sp³-hybridized carbons (Fsp3) is 0.214. The molecule has 0 aliphatic carbocycles. The van der Waals surface area contributed by atoms with Crippen molar-refractivity contribution < 1.29 is 9.90 Å². The van der Waals surface area contributed by atoms with E-state index in [1.807, 2.05) is 24.3 Å². The van der Waals surface area contributed by atoms with Crippen molar-refractivity contribution in [3.63, 3.8) is 0 Å². The number of anilines is 1. The van der Waals surface area contributed by atoms with Crippen molar-refractivity contribution in [2.24, 2.45) is 0 Å². The molecule has 0 atom stereocenters. The normalized spacial score (nSPS) is 10.2. The fourth-order valence-electron chi connectivity index (χ4n) is 1.71. The Labute approximate surface area is 111 Å². The van der Waals surface area contributed by atoms with Gasteiger partial charge in [0.1, 0.15) is 5.82 Å². The Hall–Kier alpha value is -2.43. The summed E-state index contributed by atoms with van der Waals surface area (Å²) < 4.78 is 0. The Bertz CT molecular complexity index is 567. The van der Waals surface area contributed by atoms with Gasteiger partial charge in [0.2, 0.25) is 0 Å². The molecule has 19 heavy (non-hydrogen) atoms. The van der Waals surface area contributed by atoms with Gasteiger partial charge in [0.25, 0.3) is 0 Å². The summed E-state index contributed by atoms with van der Waals surface area (Å²) >= 11 is 0. The summed E-state index contributed by atoms with van der Waals surface area (Å²) in [4.78, 5) is 19.1. The number of benzene rings is 1. The summed E-state index contributed by atoms with van der Waals surface area (Å²) in [7, 11) is 1.81. The van der Waals surface area contributed by atoms with Gasteiger partial charge in [-0.05, 0) is 18.1 Å². The number of nitrogens with zero attached hydrogens (tertiary/aromatic N) is 2. The number of aryl methyl sites for hydroxylation is 1. The highest BCUT2D eigenvalue weighted by Gasteiger charge is 2.03. The second-order valence-corrected chi connectivity index (χ2v) is 4.11. The number of nitrogens with one attached hydrogen (secondary N) is 1. The molecule has 0 bridgehead atoms. The Morgan fingerprint density at radius 1 is 1.26 bits per heavy atom. The minimum atomic E-state index is -0.783. The third kappa shape index (κ3) is 3.51. The van der Waals surface area contributed by atoms with E-state index in [4.69, 9.17) is 5.11 Å². The van der Waals surface area contributed by atoms with Gasteiger partial charge in [-0.25, -0.2) is 9.97 Å². The van der Waals surface area contributed by atoms with Crippen molar-refractivity contribution in [1.29, 1.82) is 0 Å². The van der Waals surface area contributed by atoms with Crippen LogP contribution in [0.4, 0.5) is 5.82 Å². The number of hydrogen-bond donors (Lipinski definition) is 2. The molecule has 0 fully saturated rings. The van der Waals surface area contributed by atoms with Crippen molar-refractivity contribution in [2.45, 2.75) is 12.8 Å². The van der Waals surface area contributed by atoms with E-state index in [0.29, 0.717) is 12.2 Å². The molecule has 0 saturated carbocycles. The van der Waals surface area contributed by atoms with Crippen molar-refractivity contribution in [2.75, 3.05) is 12.4 Å². The van der Waals surface area contributed by atoms with Crippen LogP contribution < -0.4 is 5.32 Å². The lowest BCUT2D eigenvalue weighted by molar-refractivity contribution is -0.136. The molecule has 0 spiro atoms. The molecule has 1 aromatic heterocycles. The van der Waals surface area contributed by atoms with Gasteiger partial charge >= 0.3 is 5.97 Å². The van der Waals surface area contributed by atoms with Gasteiger partial charge in [-0.2, -0.15) is 0 Å². The van der Waals surface area contributed by atoms with E-state index in [-0.39, 0.29) is 6.42 Å². The van der Waals surface area contributed by atoms with Crippen LogP contribution in [-0.4, -0.2) is 28.1 Å². The summed E-state index contributed by atoms with van der Waals surface area (Å²) in [6.45, 7) is 0. The van der Waals surface area contributed by atoms with Crippen molar-refractivity contribution in [3.05, 3.63) is 42.1 Å². The molecule has 0 amide bonds. The SMILES string of the molecule is CNc1ccnc(-c2ccc(CCC(=O)O)cc2)n1. The zero-order chi connectivity index (χ0) is 13.7. The second-order valence-electron chi connectivity index (χ2n) is 4.11. The van der Waals surface area contributed by atoms with Gasteiger partial charge in [0, 0.05) is 25.2 Å². The van der Waals surface area contributed by atoms with Gasteiger partial charge < -0.3 is 10.4 Å². The fourth-order valence-corrected chi connectivity index (χ4v) is 1.71. The van der Waals surface area contributed by atoms with Crippen LogP contribution in [0.25, 0.3) is 11.4 Å². The highest BCUT2D eigenvalue weighted by atomic mass is 16.4. The summed E-state index contributed by atoms with van der Waals surface area (Å²) in [6.07, 6.45) is 2.38. The molecule has 0 aliphatic rings. The molecule has 1 heterocycles. The third-order valence-corrected chi connectivity index (χ3v) is 2.75. The first kappa shape index (κ1) is 13.0. The first-order valence-corrected chi connectivity index (χ1v) is 6.01. The standard InChI is InChI=1S/C14H15N3O2/c1-15-12-8-9-16-14(17-12)11-5-2-10(3-6-11)4-7-13(18)19/h2-3,5-6,8-9H,4,7H2,1H3,(H,18,19)(H,15,16,17). The van der Waals surface area contributed by atoms with Crippen LogP contribution in [0.3, 0.4) is 0 Å². The van der Waals surface area contributed by atoms with E-state index >= 15 is 0 Å². The number of aromatic nitrogens is 2. The van der Waals surface area contributed by atoms with Crippen LogP contribution in [0, 0.1) is 0 Å². The maximum atomic E-state index is 10.5. The molecule has 0 aliphatic heterocycles. The first-order chi connectivity index (χ1) is 9.19. The van der Waals surface area contributed by atoms with E-state index in [2.05, 4.69) is 15.3 Å². The van der Waals surface area contributed by atoms with E-state index in [9.17, 15) is 4.79 Å². The van der Waals surface area contributed by atoms with Gasteiger partial charge in [-0.3, -0.25) is 4.79 Å². The second kappa shape index (κ2) is 5.95. The lowest BCUT2D eigenvalue weighted by atomic mass is 10.1. The quantitative estimate of drug-likeness (QED) is 0.858. The van der Waals surface area contributed by atoms with E-state index < -0.39 is 5.97 Å². The van der Waals surface area contributed by atoms with Crippen LogP contribution in [0.2, 0.25) is 0 Å². The Morgan fingerprint density at radius 3 is 2.63 bits per heavy atom. The highest BCUT2D eigenvalue weighted by molar-refractivity contribution is 5.67. The zero-order valence-electron chi connectivity index (χ0n) is 10.6. The molecule has 5 nitrogen and oxygen atoms in total. The van der Waals surface area contributed by atoms with Crippen LogP contribution >= 0.6 is 0 Å². The van der Waals surface area contributed by atoms with Crippen LogP contribution in [0.5, 0.6) is 0 Å². The number of carboxylic acids is 1. The average Bonchev–Trinajstić information content (AvgIpc) is 2.45. The number of carbonyl (C=O) groups is 1. The monoisotopic (exact) mass is 257 g/mol. The summed E-state index contributed by atoms with van der Waals surface area (Å²) in [5, 5.41) is 11.6. The van der Waals surface area contributed by atoms with Crippen molar-refractivity contribution in [3.8, 4) is 11.4 Å². The lowest BCUT2D eigenvalue weighted by Crippen LogP contribution is -1.98. The Balaban J connectivity index is 2.15. The number of aliphatic carboxylic acids is 1. The predicted molar refractivity (Wildman–Crippen MR) is 73.0 cm³/mol. The average molecular weight is 257 g/mol. The topological polar surface area (TPSA) is 75.1 Å². The molecule has 0 saturated heterocycles.